The van der Waals surface area contributed by atoms with Crippen molar-refractivity contribution < 1.29 is 9.59 Å². The van der Waals surface area contributed by atoms with Crippen LogP contribution < -0.4 is 10.2 Å². The van der Waals surface area contributed by atoms with E-state index >= 15 is 0 Å². The van der Waals surface area contributed by atoms with Crippen LogP contribution in [0, 0.1) is 6.92 Å². The predicted molar refractivity (Wildman–Crippen MR) is 56.7 cm³/mol. The van der Waals surface area contributed by atoms with E-state index in [0.29, 0.717) is 5.69 Å². The summed E-state index contributed by atoms with van der Waals surface area (Å²) in [6.45, 7) is 3.63. The van der Waals surface area contributed by atoms with Crippen molar-refractivity contribution in [1.82, 2.24) is 5.32 Å². The summed E-state index contributed by atoms with van der Waals surface area (Å²) >= 11 is 0. The van der Waals surface area contributed by atoms with Gasteiger partial charge in [0.25, 0.3) is 5.91 Å². The lowest BCUT2D eigenvalue weighted by molar-refractivity contribution is -0.117. The maximum absolute atomic E-state index is 11.6. The normalized spacial score (nSPS) is 20.7. The van der Waals surface area contributed by atoms with Crippen molar-refractivity contribution in [1.29, 1.82) is 0 Å². The molecule has 1 aliphatic heterocycles. The molecule has 0 radical (unpaired) electrons. The number of nitrogens with one attached hydrogen (secondary N) is 1. The molecular formula is C11H12N2O2. The average molecular weight is 204 g/mol. The lowest BCUT2D eigenvalue weighted by Gasteiger charge is -2.12. The van der Waals surface area contributed by atoms with Crippen LogP contribution in [0.1, 0.15) is 12.5 Å². The fraction of sp³-hybridized carbons (Fsp3) is 0.273. The summed E-state index contributed by atoms with van der Waals surface area (Å²) in [5.41, 5.74) is 1.71. The van der Waals surface area contributed by atoms with E-state index in [9.17, 15) is 9.59 Å². The molecule has 4 nitrogen and oxygen atoms in total. The van der Waals surface area contributed by atoms with E-state index in [4.69, 9.17) is 0 Å². The minimum Gasteiger partial charge on any atom is -0.326 e. The summed E-state index contributed by atoms with van der Waals surface area (Å²) < 4.78 is 0. The van der Waals surface area contributed by atoms with Gasteiger partial charge in [-0.3, -0.25) is 4.79 Å². The second-order valence-electron chi connectivity index (χ2n) is 3.68. The molecule has 0 aromatic heterocycles. The molecule has 1 aromatic rings. The number of anilines is 1. The molecular weight excluding hydrogens is 192 g/mol. The largest absolute Gasteiger partial charge is 0.329 e. The zero-order chi connectivity index (χ0) is 11.0. The smallest absolute Gasteiger partial charge is 0.326 e. The van der Waals surface area contributed by atoms with Gasteiger partial charge in [0, 0.05) is 0 Å². The van der Waals surface area contributed by atoms with Crippen LogP contribution in [0.4, 0.5) is 10.5 Å². The molecule has 1 N–H and O–H groups in total. The highest BCUT2D eigenvalue weighted by atomic mass is 16.2. The first-order chi connectivity index (χ1) is 7.09. The van der Waals surface area contributed by atoms with Crippen LogP contribution >= 0.6 is 0 Å². The molecule has 1 atom stereocenters. The first-order valence-electron chi connectivity index (χ1n) is 4.81. The Morgan fingerprint density at radius 3 is 2.27 bits per heavy atom. The van der Waals surface area contributed by atoms with Crippen LogP contribution in [0.15, 0.2) is 24.3 Å². The number of imide groups is 1. The number of amides is 3. The van der Waals surface area contributed by atoms with Gasteiger partial charge in [-0.15, -0.1) is 0 Å². The minimum atomic E-state index is -0.432. The number of carbonyl (C=O) groups is 2. The van der Waals surface area contributed by atoms with Gasteiger partial charge < -0.3 is 5.32 Å². The molecule has 1 saturated heterocycles. The number of rotatable bonds is 1. The summed E-state index contributed by atoms with van der Waals surface area (Å²) in [4.78, 5) is 24.3. The highest BCUT2D eigenvalue weighted by Crippen LogP contribution is 2.19. The number of hydrogen-bond acceptors (Lipinski definition) is 2. The number of urea groups is 1. The van der Waals surface area contributed by atoms with Crippen LogP contribution in [-0.4, -0.2) is 18.0 Å². The molecule has 1 heterocycles. The zero-order valence-corrected chi connectivity index (χ0v) is 8.65. The Bertz CT molecular complexity index is 411. The maximum Gasteiger partial charge on any atom is 0.329 e. The third-order valence-electron chi connectivity index (χ3n) is 2.43. The second-order valence-corrected chi connectivity index (χ2v) is 3.68. The van der Waals surface area contributed by atoms with Crippen LogP contribution in [0.25, 0.3) is 0 Å². The first-order valence-corrected chi connectivity index (χ1v) is 4.81. The van der Waals surface area contributed by atoms with E-state index in [1.54, 1.807) is 19.1 Å². The summed E-state index contributed by atoms with van der Waals surface area (Å²) in [6.07, 6.45) is 0. The number of nitrogens with zero attached hydrogens (tertiary/aromatic N) is 1. The van der Waals surface area contributed by atoms with Gasteiger partial charge in [0.1, 0.15) is 6.04 Å². The lowest BCUT2D eigenvalue weighted by Crippen LogP contribution is -2.30. The molecule has 0 saturated carbocycles. The predicted octanol–water partition coefficient (Wildman–Crippen LogP) is 1.44. The number of aryl methyl sites for hydroxylation is 1. The van der Waals surface area contributed by atoms with Gasteiger partial charge in [-0.2, -0.15) is 0 Å². The molecule has 4 heteroatoms. The van der Waals surface area contributed by atoms with Gasteiger partial charge >= 0.3 is 6.03 Å². The van der Waals surface area contributed by atoms with Gasteiger partial charge in [0.2, 0.25) is 0 Å². The standard InChI is InChI=1S/C11H12N2O2/c1-7-3-5-9(6-4-7)13-10(14)8(2)12-11(13)15/h3-6,8H,1-2H3,(H,12,15). The molecule has 0 bridgehead atoms. The quantitative estimate of drug-likeness (QED) is 0.704. The topological polar surface area (TPSA) is 49.4 Å². The second kappa shape index (κ2) is 3.38. The maximum atomic E-state index is 11.6. The van der Waals surface area contributed by atoms with E-state index in [-0.39, 0.29) is 11.9 Å². The molecule has 1 aromatic carbocycles. The highest BCUT2D eigenvalue weighted by Gasteiger charge is 2.35. The average Bonchev–Trinajstić information content (AvgIpc) is 2.44. The molecule has 1 fully saturated rings. The molecule has 78 valence electrons. The van der Waals surface area contributed by atoms with Gasteiger partial charge in [-0.25, -0.2) is 9.69 Å². The van der Waals surface area contributed by atoms with Crippen molar-refractivity contribution in [2.75, 3.05) is 4.90 Å². The van der Waals surface area contributed by atoms with Crippen molar-refractivity contribution in [3.63, 3.8) is 0 Å². The number of benzene rings is 1. The first kappa shape index (κ1) is 9.71. The molecule has 0 spiro atoms. The van der Waals surface area contributed by atoms with E-state index < -0.39 is 6.04 Å². The summed E-state index contributed by atoms with van der Waals surface area (Å²) in [6, 6.07) is 6.50. The van der Waals surface area contributed by atoms with E-state index in [2.05, 4.69) is 5.32 Å². The fourth-order valence-corrected chi connectivity index (χ4v) is 1.54. The summed E-state index contributed by atoms with van der Waals surface area (Å²) in [5.74, 6) is -0.205. The minimum absolute atomic E-state index is 0.205. The van der Waals surface area contributed by atoms with Gasteiger partial charge in [0.05, 0.1) is 5.69 Å². The Hall–Kier alpha value is -1.84. The monoisotopic (exact) mass is 204 g/mol. The Labute approximate surface area is 87.9 Å². The van der Waals surface area contributed by atoms with Crippen molar-refractivity contribution in [2.24, 2.45) is 0 Å². The Morgan fingerprint density at radius 1 is 1.20 bits per heavy atom. The zero-order valence-electron chi connectivity index (χ0n) is 8.65. The van der Waals surface area contributed by atoms with Crippen molar-refractivity contribution in [3.8, 4) is 0 Å². The van der Waals surface area contributed by atoms with Crippen molar-refractivity contribution >= 4 is 17.6 Å². The fourth-order valence-electron chi connectivity index (χ4n) is 1.54. The Kier molecular flexibility index (Phi) is 2.19. The Morgan fingerprint density at radius 2 is 1.80 bits per heavy atom. The molecule has 1 unspecified atom stereocenters. The third-order valence-corrected chi connectivity index (χ3v) is 2.43. The summed E-state index contributed by atoms with van der Waals surface area (Å²) in [5, 5.41) is 2.57. The van der Waals surface area contributed by atoms with Crippen LogP contribution in [0.3, 0.4) is 0 Å². The van der Waals surface area contributed by atoms with E-state index in [1.165, 1.54) is 4.90 Å². The number of hydrogen-bond donors (Lipinski definition) is 1. The molecule has 3 amide bonds. The summed E-state index contributed by atoms with van der Waals surface area (Å²) in [7, 11) is 0. The number of carbonyl (C=O) groups excluding carboxylic acids is 2. The molecule has 15 heavy (non-hydrogen) atoms. The SMILES string of the molecule is Cc1ccc(N2C(=O)NC(C)C2=O)cc1. The third kappa shape index (κ3) is 1.58. The molecule has 1 aliphatic rings. The van der Waals surface area contributed by atoms with Gasteiger partial charge in [-0.05, 0) is 26.0 Å². The van der Waals surface area contributed by atoms with Crippen molar-refractivity contribution in [3.05, 3.63) is 29.8 Å². The van der Waals surface area contributed by atoms with Crippen LogP contribution in [-0.2, 0) is 4.79 Å². The van der Waals surface area contributed by atoms with Crippen molar-refractivity contribution in [2.45, 2.75) is 19.9 Å². The lowest BCUT2D eigenvalue weighted by atomic mass is 10.2. The van der Waals surface area contributed by atoms with Crippen LogP contribution in [0.5, 0.6) is 0 Å². The van der Waals surface area contributed by atoms with E-state index in [0.717, 1.165) is 5.56 Å². The highest BCUT2D eigenvalue weighted by molar-refractivity contribution is 6.21. The molecule has 2 rings (SSSR count). The van der Waals surface area contributed by atoms with E-state index in [1.807, 2.05) is 19.1 Å². The molecule has 0 aliphatic carbocycles. The Balaban J connectivity index is 2.35. The van der Waals surface area contributed by atoms with Gasteiger partial charge in [0.15, 0.2) is 0 Å². The van der Waals surface area contributed by atoms with Crippen LogP contribution in [0.2, 0.25) is 0 Å². The van der Waals surface area contributed by atoms with Gasteiger partial charge in [-0.1, -0.05) is 17.7 Å².